The highest BCUT2D eigenvalue weighted by atomic mass is 16.7. The van der Waals surface area contributed by atoms with Crippen LogP contribution in [-0.4, -0.2) is 18.9 Å². The number of hydrogen-bond acceptors (Lipinski definition) is 3. The molecule has 0 rings (SSSR count). The van der Waals surface area contributed by atoms with Crippen LogP contribution in [0.2, 0.25) is 0 Å². The van der Waals surface area contributed by atoms with E-state index in [4.69, 9.17) is 0 Å². The van der Waals surface area contributed by atoms with Crippen LogP contribution >= 0.6 is 0 Å². The monoisotopic (exact) mass is 132 g/mol. The van der Waals surface area contributed by atoms with Gasteiger partial charge in [-0.2, -0.15) is 0 Å². The summed E-state index contributed by atoms with van der Waals surface area (Å²) in [7, 11) is 0. The number of hydrogen-bond donors (Lipinski definition) is 0. The first-order valence-electron chi connectivity index (χ1n) is 3.00. The molecule has 0 N–H and O–H groups in total. The predicted octanol–water partition coefficient (Wildman–Crippen LogP) is 1.57. The molecule has 0 aliphatic heterocycles. The van der Waals surface area contributed by atoms with E-state index in [-0.39, 0.29) is 6.10 Å². The van der Waals surface area contributed by atoms with E-state index in [1.165, 1.54) is 0 Å². The highest BCUT2D eigenvalue weighted by Crippen LogP contribution is 1.91. The first-order chi connectivity index (χ1) is 4.16. The van der Waals surface area contributed by atoms with E-state index in [0.29, 0.717) is 6.61 Å². The number of rotatable bonds is 2. The largest absolute Gasteiger partial charge is 0.508 e. The Kier molecular flexibility index (Phi) is 3.84. The number of carbonyl (C=O) groups is 1. The molecule has 0 saturated heterocycles. The normalized spacial score (nSPS) is 9.33. The van der Waals surface area contributed by atoms with Crippen molar-refractivity contribution in [2.45, 2.75) is 26.9 Å². The summed E-state index contributed by atoms with van der Waals surface area (Å²) in [4.78, 5) is 10.4. The van der Waals surface area contributed by atoms with Gasteiger partial charge in [0.15, 0.2) is 0 Å². The lowest BCUT2D eigenvalue weighted by Gasteiger charge is -2.05. The highest BCUT2D eigenvalue weighted by molar-refractivity contribution is 5.59. The SMILES string of the molecule is CCOC(=O)OC(C)C. The van der Waals surface area contributed by atoms with Crippen molar-refractivity contribution in [3.63, 3.8) is 0 Å². The Morgan fingerprint density at radius 3 is 2.44 bits per heavy atom. The molecule has 3 heteroatoms. The van der Waals surface area contributed by atoms with Gasteiger partial charge in [0.1, 0.15) is 0 Å². The van der Waals surface area contributed by atoms with Gasteiger partial charge in [0.25, 0.3) is 0 Å². The summed E-state index contributed by atoms with van der Waals surface area (Å²) in [6, 6.07) is 0. The fraction of sp³-hybridized carbons (Fsp3) is 0.833. The van der Waals surface area contributed by atoms with Crippen LogP contribution in [0, 0.1) is 0 Å². The third kappa shape index (κ3) is 5.14. The minimum absolute atomic E-state index is 0.0935. The third-order valence-electron chi connectivity index (χ3n) is 0.594. The van der Waals surface area contributed by atoms with Gasteiger partial charge in [-0.25, -0.2) is 4.79 Å². The van der Waals surface area contributed by atoms with Crippen LogP contribution in [0.4, 0.5) is 4.79 Å². The maximum atomic E-state index is 10.4. The standard InChI is InChI=1S/C6H12O3/c1-4-8-6(7)9-5(2)3/h5H,4H2,1-3H3. The van der Waals surface area contributed by atoms with E-state index < -0.39 is 6.16 Å². The van der Waals surface area contributed by atoms with Crippen molar-refractivity contribution in [1.29, 1.82) is 0 Å². The second-order valence-corrected chi connectivity index (χ2v) is 1.85. The van der Waals surface area contributed by atoms with Gasteiger partial charge in [0.2, 0.25) is 0 Å². The lowest BCUT2D eigenvalue weighted by molar-refractivity contribution is 0.0378. The molecule has 0 atom stereocenters. The average molecular weight is 132 g/mol. The quantitative estimate of drug-likeness (QED) is 0.535. The second-order valence-electron chi connectivity index (χ2n) is 1.85. The van der Waals surface area contributed by atoms with Crippen molar-refractivity contribution in [3.05, 3.63) is 0 Å². The van der Waals surface area contributed by atoms with E-state index in [1.807, 2.05) is 0 Å². The van der Waals surface area contributed by atoms with Crippen LogP contribution in [0.1, 0.15) is 20.8 Å². The zero-order valence-corrected chi connectivity index (χ0v) is 6.01. The molecule has 54 valence electrons. The second kappa shape index (κ2) is 4.18. The molecule has 0 amide bonds. The molecule has 0 radical (unpaired) electrons. The summed E-state index contributed by atoms with van der Waals surface area (Å²) in [5.74, 6) is 0. The molecule has 0 fully saturated rings. The molecule has 0 aliphatic carbocycles. The van der Waals surface area contributed by atoms with E-state index in [1.54, 1.807) is 20.8 Å². The Morgan fingerprint density at radius 1 is 1.56 bits per heavy atom. The lowest BCUT2D eigenvalue weighted by atomic mass is 10.5. The van der Waals surface area contributed by atoms with Gasteiger partial charge in [-0.3, -0.25) is 0 Å². The molecule has 0 aliphatic rings. The predicted molar refractivity (Wildman–Crippen MR) is 33.2 cm³/mol. The van der Waals surface area contributed by atoms with Crippen molar-refractivity contribution in [2.75, 3.05) is 6.61 Å². The zero-order valence-electron chi connectivity index (χ0n) is 6.01. The molecule has 0 saturated carbocycles. The fourth-order valence-electron chi connectivity index (χ4n) is 0.344. The Bertz CT molecular complexity index is 88.3. The molecule has 0 bridgehead atoms. The Balaban J connectivity index is 3.27. The summed E-state index contributed by atoms with van der Waals surface area (Å²) >= 11 is 0. The van der Waals surface area contributed by atoms with Crippen molar-refractivity contribution in [2.24, 2.45) is 0 Å². The molecule has 3 nitrogen and oxygen atoms in total. The summed E-state index contributed by atoms with van der Waals surface area (Å²) in [6.45, 7) is 5.65. The van der Waals surface area contributed by atoms with Crippen LogP contribution in [-0.2, 0) is 9.47 Å². The third-order valence-corrected chi connectivity index (χ3v) is 0.594. The van der Waals surface area contributed by atoms with E-state index >= 15 is 0 Å². The van der Waals surface area contributed by atoms with Crippen molar-refractivity contribution < 1.29 is 14.3 Å². The van der Waals surface area contributed by atoms with Crippen LogP contribution in [0.25, 0.3) is 0 Å². The van der Waals surface area contributed by atoms with E-state index in [2.05, 4.69) is 9.47 Å². The molecule has 9 heavy (non-hydrogen) atoms. The fourth-order valence-corrected chi connectivity index (χ4v) is 0.344. The van der Waals surface area contributed by atoms with Gasteiger partial charge in [0.05, 0.1) is 12.7 Å². The van der Waals surface area contributed by atoms with E-state index in [9.17, 15) is 4.79 Å². The molecule has 0 heterocycles. The Morgan fingerprint density at radius 2 is 2.11 bits per heavy atom. The molecule has 0 unspecified atom stereocenters. The van der Waals surface area contributed by atoms with Gasteiger partial charge in [0, 0.05) is 0 Å². The van der Waals surface area contributed by atoms with Crippen molar-refractivity contribution in [3.8, 4) is 0 Å². The Hall–Kier alpha value is -0.730. The lowest BCUT2D eigenvalue weighted by Crippen LogP contribution is -2.12. The van der Waals surface area contributed by atoms with E-state index in [0.717, 1.165) is 0 Å². The van der Waals surface area contributed by atoms with Gasteiger partial charge in [-0.05, 0) is 20.8 Å². The summed E-state index contributed by atoms with van der Waals surface area (Å²) < 4.78 is 9.12. The highest BCUT2D eigenvalue weighted by Gasteiger charge is 2.02. The minimum Gasteiger partial charge on any atom is -0.435 e. The van der Waals surface area contributed by atoms with Crippen LogP contribution in [0.5, 0.6) is 0 Å². The molecular weight excluding hydrogens is 120 g/mol. The first-order valence-corrected chi connectivity index (χ1v) is 3.00. The number of ether oxygens (including phenoxy) is 2. The summed E-state index contributed by atoms with van der Waals surface area (Å²) in [5, 5.41) is 0. The first kappa shape index (κ1) is 8.27. The molecule has 0 aromatic rings. The van der Waals surface area contributed by atoms with Crippen LogP contribution in [0.3, 0.4) is 0 Å². The maximum Gasteiger partial charge on any atom is 0.508 e. The number of carbonyl (C=O) groups excluding carboxylic acids is 1. The van der Waals surface area contributed by atoms with Gasteiger partial charge in [-0.15, -0.1) is 0 Å². The smallest absolute Gasteiger partial charge is 0.435 e. The molecule has 0 aromatic heterocycles. The van der Waals surface area contributed by atoms with Crippen molar-refractivity contribution in [1.82, 2.24) is 0 Å². The van der Waals surface area contributed by atoms with Crippen LogP contribution in [0.15, 0.2) is 0 Å². The molecule has 0 spiro atoms. The topological polar surface area (TPSA) is 35.5 Å². The van der Waals surface area contributed by atoms with Gasteiger partial charge >= 0.3 is 6.16 Å². The average Bonchev–Trinajstić information content (AvgIpc) is 1.63. The zero-order chi connectivity index (χ0) is 7.28. The van der Waals surface area contributed by atoms with Crippen LogP contribution < -0.4 is 0 Å². The summed E-state index contributed by atoms with van der Waals surface area (Å²) in [5.41, 5.74) is 0. The molecular formula is C6H12O3. The van der Waals surface area contributed by atoms with Gasteiger partial charge in [-0.1, -0.05) is 0 Å². The summed E-state index contributed by atoms with van der Waals surface area (Å²) in [6.07, 6.45) is -0.684. The Labute approximate surface area is 55.0 Å². The molecule has 0 aromatic carbocycles. The van der Waals surface area contributed by atoms with Crippen molar-refractivity contribution >= 4 is 6.16 Å². The van der Waals surface area contributed by atoms with Gasteiger partial charge < -0.3 is 9.47 Å². The maximum absolute atomic E-state index is 10.4. The minimum atomic E-state index is -0.590.